The van der Waals surface area contributed by atoms with Gasteiger partial charge in [0.25, 0.3) is 0 Å². The molecule has 0 spiro atoms. The second-order valence-electron chi connectivity index (χ2n) is 1.72. The Labute approximate surface area is 64.4 Å². The Hall–Kier alpha value is -0.830. The summed E-state index contributed by atoms with van der Waals surface area (Å²) in [4.78, 5) is 0. The van der Waals surface area contributed by atoms with E-state index in [1.165, 1.54) is 0 Å². The predicted octanol–water partition coefficient (Wildman–Crippen LogP) is 1.13. The Morgan fingerprint density at radius 2 is 2.50 bits per heavy atom. The molecule has 0 aliphatic carbocycles. The number of alkyl halides is 1. The second-order valence-corrected chi connectivity index (χ2v) is 2.10. The number of rotatable bonds is 3. The quantitative estimate of drug-likeness (QED) is 0.669. The van der Waals surface area contributed by atoms with Crippen LogP contribution in [-0.2, 0) is 0 Å². The fourth-order valence-corrected chi connectivity index (χ4v) is 0.666. The van der Waals surface area contributed by atoms with Gasteiger partial charge in [-0.15, -0.1) is 16.7 Å². The number of anilines is 1. The number of nitrogens with zero attached hydrogens (tertiary/aromatic N) is 2. The standard InChI is InChI=1S/C6H8ClN3/c7-3-5-8-6-2-1-4-9-10-6/h1-2,4H,3,5H2,(H,8,10). The number of nitrogens with one attached hydrogen (secondary N) is 1. The van der Waals surface area contributed by atoms with Gasteiger partial charge in [-0.1, -0.05) is 0 Å². The van der Waals surface area contributed by atoms with Gasteiger partial charge in [-0.05, 0) is 12.1 Å². The molecule has 0 saturated carbocycles. The van der Waals surface area contributed by atoms with Crippen LogP contribution in [0, 0.1) is 0 Å². The summed E-state index contributed by atoms with van der Waals surface area (Å²) in [7, 11) is 0. The molecule has 3 nitrogen and oxygen atoms in total. The van der Waals surface area contributed by atoms with Crippen molar-refractivity contribution in [3.05, 3.63) is 18.3 Å². The minimum Gasteiger partial charge on any atom is -0.367 e. The third-order valence-corrected chi connectivity index (χ3v) is 1.16. The molecule has 0 aliphatic rings. The smallest absolute Gasteiger partial charge is 0.148 e. The highest BCUT2D eigenvalue weighted by Crippen LogP contribution is 1.95. The van der Waals surface area contributed by atoms with E-state index in [4.69, 9.17) is 11.6 Å². The largest absolute Gasteiger partial charge is 0.367 e. The van der Waals surface area contributed by atoms with Gasteiger partial charge in [0.15, 0.2) is 0 Å². The van der Waals surface area contributed by atoms with Gasteiger partial charge < -0.3 is 5.32 Å². The van der Waals surface area contributed by atoms with Gasteiger partial charge in [0, 0.05) is 18.6 Å². The Morgan fingerprint density at radius 1 is 1.60 bits per heavy atom. The first kappa shape index (κ1) is 7.28. The summed E-state index contributed by atoms with van der Waals surface area (Å²) in [6.07, 6.45) is 1.63. The van der Waals surface area contributed by atoms with E-state index in [0.717, 1.165) is 12.4 Å². The average Bonchev–Trinajstić information content (AvgIpc) is 2.03. The molecule has 0 aliphatic heterocycles. The van der Waals surface area contributed by atoms with Crippen LogP contribution >= 0.6 is 11.6 Å². The molecule has 0 fully saturated rings. The highest BCUT2D eigenvalue weighted by Gasteiger charge is 1.87. The Bertz CT molecular complexity index is 178. The van der Waals surface area contributed by atoms with Crippen LogP contribution in [0.1, 0.15) is 0 Å². The van der Waals surface area contributed by atoms with Gasteiger partial charge in [-0.25, -0.2) is 0 Å². The molecule has 0 amide bonds. The van der Waals surface area contributed by atoms with Crippen LogP contribution in [0.25, 0.3) is 0 Å². The minimum atomic E-state index is 0.580. The van der Waals surface area contributed by atoms with E-state index in [1.807, 2.05) is 12.1 Å². The van der Waals surface area contributed by atoms with Crippen molar-refractivity contribution in [2.24, 2.45) is 0 Å². The van der Waals surface area contributed by atoms with Crippen LogP contribution in [0.2, 0.25) is 0 Å². The molecular formula is C6H8ClN3. The molecule has 1 rings (SSSR count). The van der Waals surface area contributed by atoms with Gasteiger partial charge >= 0.3 is 0 Å². The van der Waals surface area contributed by atoms with E-state index in [1.54, 1.807) is 6.20 Å². The third-order valence-electron chi connectivity index (χ3n) is 0.973. The van der Waals surface area contributed by atoms with E-state index >= 15 is 0 Å². The molecule has 1 aromatic heterocycles. The van der Waals surface area contributed by atoms with E-state index in [9.17, 15) is 0 Å². The molecule has 0 unspecified atom stereocenters. The van der Waals surface area contributed by atoms with Crippen LogP contribution < -0.4 is 5.32 Å². The van der Waals surface area contributed by atoms with E-state index in [-0.39, 0.29) is 0 Å². The average molecular weight is 158 g/mol. The summed E-state index contributed by atoms with van der Waals surface area (Å²) in [5, 5.41) is 10.5. The Morgan fingerprint density at radius 3 is 3.10 bits per heavy atom. The van der Waals surface area contributed by atoms with E-state index in [0.29, 0.717) is 5.88 Å². The summed E-state index contributed by atoms with van der Waals surface area (Å²) < 4.78 is 0. The van der Waals surface area contributed by atoms with Crippen molar-refractivity contribution in [3.8, 4) is 0 Å². The van der Waals surface area contributed by atoms with Crippen LogP contribution in [0.3, 0.4) is 0 Å². The fourth-order valence-electron chi connectivity index (χ4n) is 0.571. The maximum atomic E-state index is 5.44. The predicted molar refractivity (Wildman–Crippen MR) is 41.2 cm³/mol. The SMILES string of the molecule is ClCCNc1cccnn1. The first-order valence-corrected chi connectivity index (χ1v) is 3.54. The third kappa shape index (κ3) is 2.19. The molecular weight excluding hydrogens is 150 g/mol. The Kier molecular flexibility index (Phi) is 2.96. The zero-order valence-electron chi connectivity index (χ0n) is 5.42. The molecule has 0 radical (unpaired) electrons. The number of hydrogen-bond donors (Lipinski definition) is 1. The zero-order chi connectivity index (χ0) is 7.23. The highest BCUT2D eigenvalue weighted by atomic mass is 35.5. The van der Waals surface area contributed by atoms with Gasteiger partial charge in [-0.3, -0.25) is 0 Å². The molecule has 4 heteroatoms. The van der Waals surface area contributed by atoms with Crippen LogP contribution in [0.15, 0.2) is 18.3 Å². The normalized spacial score (nSPS) is 9.30. The molecule has 0 atom stereocenters. The zero-order valence-corrected chi connectivity index (χ0v) is 6.17. The van der Waals surface area contributed by atoms with Gasteiger partial charge in [0.05, 0.1) is 0 Å². The summed E-state index contributed by atoms with van der Waals surface area (Å²) in [5.74, 6) is 1.35. The van der Waals surface area contributed by atoms with Gasteiger partial charge in [0.1, 0.15) is 5.82 Å². The topological polar surface area (TPSA) is 37.8 Å². The molecule has 1 aromatic rings. The van der Waals surface area contributed by atoms with Crippen molar-refractivity contribution in [2.75, 3.05) is 17.7 Å². The molecule has 0 bridgehead atoms. The fraction of sp³-hybridized carbons (Fsp3) is 0.333. The van der Waals surface area contributed by atoms with Crippen molar-refractivity contribution in [3.63, 3.8) is 0 Å². The molecule has 54 valence electrons. The maximum Gasteiger partial charge on any atom is 0.148 e. The highest BCUT2D eigenvalue weighted by molar-refractivity contribution is 6.18. The van der Waals surface area contributed by atoms with Gasteiger partial charge in [-0.2, -0.15) is 5.10 Å². The van der Waals surface area contributed by atoms with Crippen LogP contribution in [0.5, 0.6) is 0 Å². The molecule has 1 N–H and O–H groups in total. The van der Waals surface area contributed by atoms with Crippen molar-refractivity contribution in [1.82, 2.24) is 10.2 Å². The number of halogens is 1. The molecule has 0 aromatic carbocycles. The van der Waals surface area contributed by atoms with Crippen molar-refractivity contribution in [1.29, 1.82) is 0 Å². The lowest BCUT2D eigenvalue weighted by molar-refractivity contribution is 1.01. The molecule has 10 heavy (non-hydrogen) atoms. The summed E-state index contributed by atoms with van der Waals surface area (Å²) in [6, 6.07) is 3.67. The van der Waals surface area contributed by atoms with Crippen molar-refractivity contribution >= 4 is 17.4 Å². The lowest BCUT2D eigenvalue weighted by atomic mass is 10.5. The minimum absolute atomic E-state index is 0.580. The van der Waals surface area contributed by atoms with Crippen molar-refractivity contribution < 1.29 is 0 Å². The monoisotopic (exact) mass is 157 g/mol. The van der Waals surface area contributed by atoms with E-state index < -0.39 is 0 Å². The summed E-state index contributed by atoms with van der Waals surface area (Å²) in [5.41, 5.74) is 0. The summed E-state index contributed by atoms with van der Waals surface area (Å²) >= 11 is 5.44. The first-order valence-electron chi connectivity index (χ1n) is 3.01. The lowest BCUT2D eigenvalue weighted by Crippen LogP contribution is -2.04. The molecule has 1 heterocycles. The lowest BCUT2D eigenvalue weighted by Gasteiger charge is -1.98. The first-order chi connectivity index (χ1) is 4.93. The number of hydrogen-bond acceptors (Lipinski definition) is 3. The van der Waals surface area contributed by atoms with Crippen molar-refractivity contribution in [2.45, 2.75) is 0 Å². The Balaban J connectivity index is 2.43. The number of aromatic nitrogens is 2. The van der Waals surface area contributed by atoms with Crippen LogP contribution in [-0.4, -0.2) is 22.6 Å². The molecule has 0 saturated heterocycles. The second kappa shape index (κ2) is 4.06. The maximum absolute atomic E-state index is 5.44. The van der Waals surface area contributed by atoms with Crippen LogP contribution in [0.4, 0.5) is 5.82 Å². The summed E-state index contributed by atoms with van der Waals surface area (Å²) in [6.45, 7) is 0.722. The van der Waals surface area contributed by atoms with Gasteiger partial charge in [0.2, 0.25) is 0 Å². The van der Waals surface area contributed by atoms with E-state index in [2.05, 4.69) is 15.5 Å².